The third-order valence-electron chi connectivity index (χ3n) is 4.02. The number of rotatable bonds is 5. The maximum atomic E-state index is 6.42. The Kier molecular flexibility index (Phi) is 4.49. The van der Waals surface area contributed by atoms with Gasteiger partial charge in [0, 0.05) is 22.0 Å². The van der Waals surface area contributed by atoms with Crippen LogP contribution in [0.3, 0.4) is 0 Å². The first-order valence-corrected chi connectivity index (χ1v) is 7.81. The largest absolute Gasteiger partial charge is 0.316 e. The lowest BCUT2D eigenvalue weighted by Gasteiger charge is -2.54. The third kappa shape index (κ3) is 3.09. The van der Waals surface area contributed by atoms with Crippen LogP contribution in [0.5, 0.6) is 0 Å². The van der Waals surface area contributed by atoms with Crippen LogP contribution in [0.15, 0.2) is 18.2 Å². The molecule has 0 radical (unpaired) electrons. The first kappa shape index (κ1) is 15.2. The predicted molar refractivity (Wildman–Crippen MR) is 84.3 cm³/mol. The SMILES string of the molecule is CCCNCC1(c2c(Cl)cccc2Cl)CC(C)(C)C1. The third-order valence-corrected chi connectivity index (χ3v) is 4.65. The van der Waals surface area contributed by atoms with Gasteiger partial charge in [-0.3, -0.25) is 0 Å². The lowest BCUT2D eigenvalue weighted by atomic mass is 9.52. The molecule has 1 N–H and O–H groups in total. The van der Waals surface area contributed by atoms with Crippen LogP contribution in [0, 0.1) is 5.41 Å². The molecule has 0 saturated heterocycles. The molecule has 1 fully saturated rings. The second-order valence-electron chi connectivity index (χ2n) is 6.57. The first-order valence-electron chi connectivity index (χ1n) is 7.05. The van der Waals surface area contributed by atoms with E-state index in [1.54, 1.807) is 0 Å². The van der Waals surface area contributed by atoms with E-state index in [4.69, 9.17) is 23.2 Å². The van der Waals surface area contributed by atoms with Crippen LogP contribution in [-0.4, -0.2) is 13.1 Å². The van der Waals surface area contributed by atoms with Crippen LogP contribution in [0.4, 0.5) is 0 Å². The Hall–Kier alpha value is -0.240. The minimum Gasteiger partial charge on any atom is -0.316 e. The molecule has 1 aromatic rings. The van der Waals surface area contributed by atoms with Gasteiger partial charge in [-0.15, -0.1) is 0 Å². The molecule has 0 aliphatic heterocycles. The van der Waals surface area contributed by atoms with Crippen LogP contribution in [-0.2, 0) is 5.41 Å². The topological polar surface area (TPSA) is 12.0 Å². The van der Waals surface area contributed by atoms with Crippen molar-refractivity contribution in [3.63, 3.8) is 0 Å². The van der Waals surface area contributed by atoms with Crippen molar-refractivity contribution in [3.8, 4) is 0 Å². The average Bonchev–Trinajstić information content (AvgIpc) is 2.26. The summed E-state index contributed by atoms with van der Waals surface area (Å²) in [4.78, 5) is 0. The molecular formula is C16H23Cl2N. The zero-order chi connectivity index (χ0) is 14.1. The molecule has 0 aromatic heterocycles. The number of nitrogens with one attached hydrogen (secondary N) is 1. The second kappa shape index (κ2) is 5.63. The van der Waals surface area contributed by atoms with Crippen molar-refractivity contribution in [2.75, 3.05) is 13.1 Å². The summed E-state index contributed by atoms with van der Waals surface area (Å²) in [6, 6.07) is 5.83. The molecule has 0 heterocycles. The summed E-state index contributed by atoms with van der Waals surface area (Å²) in [6.07, 6.45) is 3.43. The van der Waals surface area contributed by atoms with E-state index in [-0.39, 0.29) is 5.41 Å². The highest BCUT2D eigenvalue weighted by Crippen LogP contribution is 2.57. The molecule has 1 aromatic carbocycles. The van der Waals surface area contributed by atoms with Crippen LogP contribution < -0.4 is 5.32 Å². The standard InChI is InChI=1S/C16H23Cl2N/c1-4-8-19-11-16(9-15(2,3)10-16)14-12(17)6-5-7-13(14)18/h5-7,19H,4,8-11H2,1-3H3. The van der Waals surface area contributed by atoms with Gasteiger partial charge in [-0.1, -0.05) is 50.0 Å². The molecule has 2 rings (SSSR count). The number of benzene rings is 1. The second-order valence-corrected chi connectivity index (χ2v) is 7.39. The summed E-state index contributed by atoms with van der Waals surface area (Å²) in [5, 5.41) is 5.16. The summed E-state index contributed by atoms with van der Waals surface area (Å²) in [6.45, 7) is 8.83. The average molecular weight is 300 g/mol. The Morgan fingerprint density at radius 3 is 2.21 bits per heavy atom. The van der Waals surface area contributed by atoms with E-state index in [1.807, 2.05) is 18.2 Å². The van der Waals surface area contributed by atoms with Gasteiger partial charge < -0.3 is 5.32 Å². The van der Waals surface area contributed by atoms with Crippen molar-refractivity contribution in [2.24, 2.45) is 5.41 Å². The summed E-state index contributed by atoms with van der Waals surface area (Å²) in [7, 11) is 0. The highest BCUT2D eigenvalue weighted by Gasteiger charge is 2.51. The maximum absolute atomic E-state index is 6.42. The highest BCUT2D eigenvalue weighted by atomic mass is 35.5. The monoisotopic (exact) mass is 299 g/mol. The fourth-order valence-electron chi connectivity index (χ4n) is 3.68. The molecule has 0 amide bonds. The van der Waals surface area contributed by atoms with Crippen LogP contribution in [0.1, 0.15) is 45.6 Å². The van der Waals surface area contributed by atoms with Crippen LogP contribution in [0.2, 0.25) is 10.0 Å². The van der Waals surface area contributed by atoms with Crippen LogP contribution >= 0.6 is 23.2 Å². The van der Waals surface area contributed by atoms with Crippen LogP contribution in [0.25, 0.3) is 0 Å². The van der Waals surface area contributed by atoms with Gasteiger partial charge in [0.15, 0.2) is 0 Å². The molecule has 19 heavy (non-hydrogen) atoms. The lowest BCUT2D eigenvalue weighted by Crippen LogP contribution is -2.52. The van der Waals surface area contributed by atoms with Crippen molar-refractivity contribution < 1.29 is 0 Å². The Morgan fingerprint density at radius 1 is 1.16 bits per heavy atom. The summed E-state index contributed by atoms with van der Waals surface area (Å²) in [5.74, 6) is 0. The minimum absolute atomic E-state index is 0.105. The van der Waals surface area contributed by atoms with Gasteiger partial charge in [0.2, 0.25) is 0 Å². The molecule has 3 heteroatoms. The predicted octanol–water partition coefficient (Wildman–Crippen LogP) is 5.05. The van der Waals surface area contributed by atoms with Crippen molar-refractivity contribution >= 4 is 23.2 Å². The van der Waals surface area contributed by atoms with Crippen molar-refractivity contribution in [2.45, 2.75) is 45.4 Å². The minimum atomic E-state index is 0.105. The molecule has 1 aliphatic carbocycles. The van der Waals surface area contributed by atoms with Gasteiger partial charge in [0.1, 0.15) is 0 Å². The fraction of sp³-hybridized carbons (Fsp3) is 0.625. The van der Waals surface area contributed by atoms with Gasteiger partial charge in [-0.05, 0) is 48.9 Å². The Bertz CT molecular complexity index is 426. The molecule has 0 spiro atoms. The van der Waals surface area contributed by atoms with E-state index in [2.05, 4.69) is 26.1 Å². The molecule has 1 nitrogen and oxygen atoms in total. The highest BCUT2D eigenvalue weighted by molar-refractivity contribution is 6.36. The van der Waals surface area contributed by atoms with Gasteiger partial charge in [0.25, 0.3) is 0 Å². The van der Waals surface area contributed by atoms with Crippen molar-refractivity contribution in [1.82, 2.24) is 5.32 Å². The van der Waals surface area contributed by atoms with Gasteiger partial charge in [0.05, 0.1) is 0 Å². The molecule has 1 saturated carbocycles. The van der Waals surface area contributed by atoms with E-state index in [1.165, 1.54) is 0 Å². The van der Waals surface area contributed by atoms with E-state index in [0.717, 1.165) is 48.0 Å². The molecule has 106 valence electrons. The fourth-order valence-corrected chi connectivity index (χ4v) is 4.48. The number of hydrogen-bond donors (Lipinski definition) is 1. The van der Waals surface area contributed by atoms with E-state index >= 15 is 0 Å². The molecular weight excluding hydrogens is 277 g/mol. The van der Waals surface area contributed by atoms with Gasteiger partial charge in [-0.25, -0.2) is 0 Å². The smallest absolute Gasteiger partial charge is 0.0459 e. The van der Waals surface area contributed by atoms with Crippen molar-refractivity contribution in [3.05, 3.63) is 33.8 Å². The quantitative estimate of drug-likeness (QED) is 0.750. The zero-order valence-electron chi connectivity index (χ0n) is 12.0. The summed E-state index contributed by atoms with van der Waals surface area (Å²) >= 11 is 12.8. The zero-order valence-corrected chi connectivity index (χ0v) is 13.5. The molecule has 0 bridgehead atoms. The van der Waals surface area contributed by atoms with Gasteiger partial charge >= 0.3 is 0 Å². The first-order chi connectivity index (χ1) is 8.90. The Balaban J connectivity index is 2.28. The van der Waals surface area contributed by atoms with E-state index in [9.17, 15) is 0 Å². The van der Waals surface area contributed by atoms with Crippen molar-refractivity contribution in [1.29, 1.82) is 0 Å². The molecule has 0 unspecified atom stereocenters. The van der Waals surface area contributed by atoms with E-state index in [0.29, 0.717) is 5.41 Å². The molecule has 0 atom stereocenters. The summed E-state index contributed by atoms with van der Waals surface area (Å²) in [5.41, 5.74) is 1.63. The van der Waals surface area contributed by atoms with Gasteiger partial charge in [-0.2, -0.15) is 0 Å². The Morgan fingerprint density at radius 2 is 1.74 bits per heavy atom. The number of hydrogen-bond acceptors (Lipinski definition) is 1. The molecule has 1 aliphatic rings. The number of halogens is 2. The summed E-state index contributed by atoms with van der Waals surface area (Å²) < 4.78 is 0. The maximum Gasteiger partial charge on any atom is 0.0459 e. The Labute approximate surface area is 126 Å². The normalized spacial score (nSPS) is 20.1. The lowest BCUT2D eigenvalue weighted by molar-refractivity contribution is 0.0566. The van der Waals surface area contributed by atoms with E-state index < -0.39 is 0 Å².